The zero-order valence-corrected chi connectivity index (χ0v) is 21.0. The number of fused-ring (bicyclic) bond motifs is 2. The van der Waals surface area contributed by atoms with Gasteiger partial charge in [-0.05, 0) is 42.0 Å². The zero-order chi connectivity index (χ0) is 27.8. The molecule has 0 fully saturated rings. The average molecular weight is 542 g/mol. The quantitative estimate of drug-likeness (QED) is 0.264. The third-order valence-electron chi connectivity index (χ3n) is 5.88. The van der Waals surface area contributed by atoms with E-state index in [2.05, 4.69) is 19.9 Å². The van der Waals surface area contributed by atoms with E-state index < -0.39 is 25.2 Å². The van der Waals surface area contributed by atoms with Gasteiger partial charge < -0.3 is 14.4 Å². The van der Waals surface area contributed by atoms with E-state index in [9.17, 15) is 22.4 Å². The zero-order valence-electron chi connectivity index (χ0n) is 21.0. The van der Waals surface area contributed by atoms with Gasteiger partial charge in [0.2, 0.25) is 5.88 Å². The number of hydrogen-bond donors (Lipinski definition) is 0. The lowest BCUT2D eigenvalue weighted by molar-refractivity contribution is -0.0498. The van der Waals surface area contributed by atoms with Gasteiger partial charge in [0.1, 0.15) is 22.6 Å². The van der Waals surface area contributed by atoms with Gasteiger partial charge in [-0.2, -0.15) is 23.7 Å². The van der Waals surface area contributed by atoms with Crippen LogP contribution in [0.25, 0.3) is 38.8 Å². The van der Waals surface area contributed by atoms with E-state index in [0.717, 1.165) is 16.7 Å². The van der Waals surface area contributed by atoms with Crippen LogP contribution < -0.4 is 19.9 Å². The molecule has 0 saturated heterocycles. The number of halogens is 4. The lowest BCUT2D eigenvalue weighted by Crippen LogP contribution is -2.24. The lowest BCUT2D eigenvalue weighted by atomic mass is 10.1. The molecule has 0 aliphatic heterocycles. The van der Waals surface area contributed by atoms with E-state index in [1.54, 1.807) is 22.9 Å². The highest BCUT2D eigenvalue weighted by molar-refractivity contribution is 5.93. The van der Waals surface area contributed by atoms with Crippen LogP contribution in [-0.4, -0.2) is 58.3 Å². The number of aryl methyl sites for hydroxylation is 1. The normalized spacial score (nSPS) is 11.6. The topological polar surface area (TPSA) is 87.3 Å². The minimum absolute atomic E-state index is 0.0743. The fraction of sp³-hybridized carbons (Fsp3) is 0.231. The van der Waals surface area contributed by atoms with Crippen molar-refractivity contribution in [3.05, 3.63) is 65.0 Å². The van der Waals surface area contributed by atoms with Crippen LogP contribution in [0.2, 0.25) is 0 Å². The molecule has 0 N–H and O–H groups in total. The van der Waals surface area contributed by atoms with Gasteiger partial charge in [0.05, 0.1) is 16.8 Å². The smallest absolute Gasteiger partial charge is 0.387 e. The summed E-state index contributed by atoms with van der Waals surface area (Å²) in [6, 6.07) is 13.6. The molecule has 0 atom stereocenters. The minimum atomic E-state index is -3.01. The predicted octanol–water partition coefficient (Wildman–Crippen LogP) is 4.65. The first kappa shape index (κ1) is 25.9. The number of rotatable bonds is 8. The number of alkyl halides is 4. The molecule has 0 radical (unpaired) electrons. The number of anilines is 1. The molecule has 0 saturated carbocycles. The van der Waals surface area contributed by atoms with Crippen molar-refractivity contribution < 1.29 is 27.0 Å². The van der Waals surface area contributed by atoms with Crippen molar-refractivity contribution in [1.29, 1.82) is 0 Å². The number of ether oxygens (including phenoxy) is 2. The molecular weight excluding hydrogens is 520 g/mol. The van der Waals surface area contributed by atoms with Crippen LogP contribution >= 0.6 is 0 Å². The van der Waals surface area contributed by atoms with E-state index in [1.165, 1.54) is 41.1 Å². The van der Waals surface area contributed by atoms with E-state index in [4.69, 9.17) is 4.74 Å². The van der Waals surface area contributed by atoms with Crippen molar-refractivity contribution in [1.82, 2.24) is 24.5 Å². The first-order valence-corrected chi connectivity index (χ1v) is 11.7. The Kier molecular flexibility index (Phi) is 6.81. The number of hydrogen-bond acceptors (Lipinski definition) is 7. The second-order valence-electron chi connectivity index (χ2n) is 8.76. The Balaban J connectivity index is 1.72. The van der Waals surface area contributed by atoms with Crippen LogP contribution in [0, 0.1) is 0 Å². The molecule has 5 aromatic rings. The molecule has 0 bridgehead atoms. The van der Waals surface area contributed by atoms with Crippen molar-refractivity contribution >= 4 is 27.8 Å². The molecule has 13 heteroatoms. The maximum Gasteiger partial charge on any atom is 0.387 e. The highest BCUT2D eigenvalue weighted by atomic mass is 19.3. The maximum atomic E-state index is 13.9. The van der Waals surface area contributed by atoms with E-state index in [1.807, 2.05) is 26.0 Å². The van der Waals surface area contributed by atoms with E-state index in [0.29, 0.717) is 11.3 Å². The summed E-state index contributed by atoms with van der Waals surface area (Å²) in [6.07, 6.45) is -2.72. The highest BCUT2D eigenvalue weighted by Crippen LogP contribution is 2.30. The average Bonchev–Trinajstić information content (AvgIpc) is 3.22. The van der Waals surface area contributed by atoms with Crippen LogP contribution in [0.15, 0.2) is 59.4 Å². The van der Waals surface area contributed by atoms with Crippen molar-refractivity contribution in [3.8, 4) is 28.4 Å². The molecule has 5 rings (SSSR count). The van der Waals surface area contributed by atoms with Crippen molar-refractivity contribution in [2.45, 2.75) is 13.0 Å². The third kappa shape index (κ3) is 5.07. The first-order valence-electron chi connectivity index (χ1n) is 11.7. The van der Waals surface area contributed by atoms with Crippen LogP contribution in [0.4, 0.5) is 23.4 Å². The Hall–Kier alpha value is -4.68. The van der Waals surface area contributed by atoms with Gasteiger partial charge in [0, 0.05) is 32.6 Å². The van der Waals surface area contributed by atoms with Gasteiger partial charge in [-0.15, -0.1) is 0 Å². The van der Waals surface area contributed by atoms with E-state index in [-0.39, 0.29) is 28.2 Å². The fourth-order valence-corrected chi connectivity index (χ4v) is 4.36. The summed E-state index contributed by atoms with van der Waals surface area (Å²) < 4.78 is 63.1. The molecule has 0 spiro atoms. The summed E-state index contributed by atoms with van der Waals surface area (Å²) in [5.41, 5.74) is 1.38. The van der Waals surface area contributed by atoms with E-state index >= 15 is 0 Å². The van der Waals surface area contributed by atoms with Crippen molar-refractivity contribution in [2.24, 2.45) is 7.05 Å². The summed E-state index contributed by atoms with van der Waals surface area (Å²) in [6.45, 7) is -3.89. The molecule has 3 heterocycles. The largest absolute Gasteiger partial charge is 0.472 e. The summed E-state index contributed by atoms with van der Waals surface area (Å²) >= 11 is 0. The predicted molar refractivity (Wildman–Crippen MR) is 137 cm³/mol. The fourth-order valence-electron chi connectivity index (χ4n) is 4.36. The van der Waals surface area contributed by atoms with Crippen LogP contribution in [0.5, 0.6) is 11.6 Å². The van der Waals surface area contributed by atoms with Gasteiger partial charge in [-0.3, -0.25) is 9.48 Å². The van der Waals surface area contributed by atoms with Crippen LogP contribution in [0.1, 0.15) is 0 Å². The Morgan fingerprint density at radius 1 is 0.949 bits per heavy atom. The van der Waals surface area contributed by atoms with Gasteiger partial charge in [-0.1, -0.05) is 12.1 Å². The van der Waals surface area contributed by atoms with Crippen molar-refractivity contribution in [3.63, 3.8) is 0 Å². The Bertz CT molecular complexity index is 1720. The molecule has 9 nitrogen and oxygen atoms in total. The van der Waals surface area contributed by atoms with Gasteiger partial charge >= 0.3 is 6.61 Å². The molecule has 3 aromatic heterocycles. The number of pyridine rings is 1. The molecule has 0 unspecified atom stereocenters. The number of aromatic nitrogens is 5. The SMILES string of the molecule is CN(C)c1c2cc(-n3nc4ccc(OCC(F)F)nc4c(-c4ccc(OC(F)F)cc4)c3=O)ccc2nn1C. The number of nitrogens with zero attached hydrogens (tertiary/aromatic N) is 6. The standard InChI is InChI=1S/C26H22F4N6O3/c1-34(2)24-17-12-15(6-9-18(17)32-35(24)3)36-25(37)22(14-4-7-16(8-5-14)39-26(29)30)23-19(33-36)10-11-21(31-23)38-13-20(27)28/h4-12,20,26H,13H2,1-3H3. The molecule has 202 valence electrons. The monoisotopic (exact) mass is 542 g/mol. The van der Waals surface area contributed by atoms with Crippen LogP contribution in [-0.2, 0) is 7.05 Å². The lowest BCUT2D eigenvalue weighted by Gasteiger charge is -2.14. The van der Waals surface area contributed by atoms with Crippen LogP contribution in [0.3, 0.4) is 0 Å². The molecule has 0 aliphatic rings. The Morgan fingerprint density at radius 3 is 2.33 bits per heavy atom. The molecule has 2 aromatic carbocycles. The maximum absolute atomic E-state index is 13.9. The number of benzene rings is 2. The Morgan fingerprint density at radius 2 is 1.67 bits per heavy atom. The summed E-state index contributed by atoms with van der Waals surface area (Å²) in [5, 5.41) is 9.77. The molecule has 0 aliphatic carbocycles. The first-order chi connectivity index (χ1) is 18.6. The van der Waals surface area contributed by atoms with Gasteiger partial charge in [0.15, 0.2) is 6.61 Å². The summed E-state index contributed by atoms with van der Waals surface area (Å²) in [5.74, 6) is 0.602. The summed E-state index contributed by atoms with van der Waals surface area (Å²) in [4.78, 5) is 20.1. The van der Waals surface area contributed by atoms with Gasteiger partial charge in [-0.25, -0.2) is 13.8 Å². The molecule has 0 amide bonds. The highest BCUT2D eigenvalue weighted by Gasteiger charge is 2.19. The van der Waals surface area contributed by atoms with Gasteiger partial charge in [0.25, 0.3) is 12.0 Å². The second kappa shape index (κ2) is 10.2. The molecular formula is C26H22F4N6O3. The molecule has 39 heavy (non-hydrogen) atoms. The van der Waals surface area contributed by atoms with Crippen molar-refractivity contribution in [2.75, 3.05) is 25.6 Å². The third-order valence-corrected chi connectivity index (χ3v) is 5.88. The Labute approximate surface area is 218 Å². The minimum Gasteiger partial charge on any atom is -0.472 e. The second-order valence-corrected chi connectivity index (χ2v) is 8.76. The summed E-state index contributed by atoms with van der Waals surface area (Å²) in [7, 11) is 5.57.